The third kappa shape index (κ3) is 13.4. The summed E-state index contributed by atoms with van der Waals surface area (Å²) < 4.78 is 23.0. The first-order valence-electron chi connectivity index (χ1n) is 44.3. The zero-order chi connectivity index (χ0) is 86.5. The first-order valence-corrected chi connectivity index (χ1v) is 52.1. The number of benzene rings is 20. The lowest BCUT2D eigenvalue weighted by molar-refractivity contribution is 0.486. The molecule has 0 fully saturated rings. The number of ether oxygens (including phenoxy) is 2. The molecule has 0 atom stereocenters. The SMILES string of the molecule is Cc1ccc2c(N(c3ccccc3)c3ccc4oc5ccccc5c4c3)cc3c4cc(C)cc5c4c(cc3c2c1)-c1ccc(N(c2ccccc2)c2ccc([Si](C)(C)C)cc2)cc1O5.Cc1ccc2c(N(c3ccccc3)c3ccc4sc5ccccc5c4c3)cc3c4cc(C)cc5c4c(cc3c2c1)-c1ccc(N(c2ccccc2)c2ccc([Si](C)(C)C)cc2)cc1O5. The summed E-state index contributed by atoms with van der Waals surface area (Å²) in [5, 5.41) is 22.0. The number of hydrogen-bond acceptors (Lipinski definition) is 8. The lowest BCUT2D eigenvalue weighted by Crippen LogP contribution is -2.37. The van der Waals surface area contributed by atoms with E-state index in [-0.39, 0.29) is 0 Å². The van der Waals surface area contributed by atoms with Crippen molar-refractivity contribution in [2.75, 3.05) is 19.6 Å². The molecule has 20 aromatic carbocycles. The molecule has 0 N–H and O–H groups in total. The van der Waals surface area contributed by atoms with E-state index < -0.39 is 16.1 Å². The second kappa shape index (κ2) is 30.5. The fraction of sp³-hybridized carbons (Fsp3) is 0.0847. The van der Waals surface area contributed by atoms with E-state index in [2.05, 4.69) is 451 Å². The number of furan rings is 1. The van der Waals surface area contributed by atoms with Crippen molar-refractivity contribution in [1.29, 1.82) is 0 Å². The average Bonchev–Trinajstić information content (AvgIpc) is 0.938. The van der Waals surface area contributed by atoms with Crippen LogP contribution >= 0.6 is 11.3 Å². The first-order chi connectivity index (χ1) is 62.3. The summed E-state index contributed by atoms with van der Waals surface area (Å²) in [7, 11) is -2.94. The van der Waals surface area contributed by atoms with Crippen molar-refractivity contribution >= 4 is 213 Å². The molecule has 0 saturated heterocycles. The number of para-hydroxylation sites is 5. The lowest BCUT2D eigenvalue weighted by atomic mass is 9.87. The number of rotatable bonds is 14. The van der Waals surface area contributed by atoms with Crippen LogP contribution in [0.15, 0.2) is 381 Å². The Morgan fingerprint density at radius 2 is 0.562 bits per heavy atom. The highest BCUT2D eigenvalue weighted by Crippen LogP contribution is 2.57. The van der Waals surface area contributed by atoms with E-state index >= 15 is 0 Å². The number of aryl methyl sites for hydroxylation is 4. The Hall–Kier alpha value is -14.8. The number of nitrogens with zero attached hydrogens (tertiary/aromatic N) is 4. The van der Waals surface area contributed by atoms with Crippen molar-refractivity contribution in [3.05, 3.63) is 398 Å². The zero-order valence-corrected chi connectivity index (χ0v) is 76.0. The Balaban J connectivity index is 0.000000146. The van der Waals surface area contributed by atoms with Gasteiger partial charge in [0.1, 0.15) is 34.2 Å². The molecule has 24 rings (SSSR count). The lowest BCUT2D eigenvalue weighted by Gasteiger charge is -2.30. The van der Waals surface area contributed by atoms with Gasteiger partial charge < -0.3 is 33.5 Å². The topological polar surface area (TPSA) is 44.6 Å². The quantitative estimate of drug-likeness (QED) is 0.0794. The van der Waals surface area contributed by atoms with Gasteiger partial charge in [-0.3, -0.25) is 0 Å². The van der Waals surface area contributed by atoms with Gasteiger partial charge in [0.25, 0.3) is 0 Å². The molecule has 128 heavy (non-hydrogen) atoms. The van der Waals surface area contributed by atoms with Crippen LogP contribution in [-0.2, 0) is 0 Å². The van der Waals surface area contributed by atoms with E-state index in [1.54, 1.807) is 0 Å². The fourth-order valence-electron chi connectivity index (χ4n) is 19.9. The van der Waals surface area contributed by atoms with Gasteiger partial charge in [-0.2, -0.15) is 0 Å². The van der Waals surface area contributed by atoms with Crippen molar-refractivity contribution in [1.82, 2.24) is 0 Å². The molecule has 0 radical (unpaired) electrons. The molecule has 10 heteroatoms. The summed E-state index contributed by atoms with van der Waals surface area (Å²) in [4.78, 5) is 9.54. The van der Waals surface area contributed by atoms with Crippen LogP contribution in [0.5, 0.6) is 23.0 Å². The Morgan fingerprint density at radius 3 is 1.03 bits per heavy atom. The van der Waals surface area contributed by atoms with Crippen molar-refractivity contribution in [2.45, 2.75) is 67.0 Å². The highest BCUT2D eigenvalue weighted by Gasteiger charge is 2.32. The van der Waals surface area contributed by atoms with Crippen molar-refractivity contribution < 1.29 is 13.9 Å². The van der Waals surface area contributed by atoms with E-state index in [4.69, 9.17) is 13.9 Å². The third-order valence-electron chi connectivity index (χ3n) is 26.0. The maximum Gasteiger partial charge on any atom is 0.137 e. The summed E-state index contributed by atoms with van der Waals surface area (Å²) in [6.45, 7) is 23.2. The van der Waals surface area contributed by atoms with Crippen molar-refractivity contribution in [3.8, 4) is 45.3 Å². The summed E-state index contributed by atoms with van der Waals surface area (Å²) in [5.41, 5.74) is 24.3. The van der Waals surface area contributed by atoms with Crippen LogP contribution in [0.25, 0.3) is 129 Å². The van der Waals surface area contributed by atoms with Crippen molar-refractivity contribution in [3.63, 3.8) is 0 Å². The second-order valence-electron chi connectivity index (χ2n) is 36.7. The second-order valence-corrected chi connectivity index (χ2v) is 47.9. The molecule has 2 aromatic heterocycles. The van der Waals surface area contributed by atoms with Crippen molar-refractivity contribution in [2.24, 2.45) is 0 Å². The number of anilines is 12. The molecule has 0 bridgehead atoms. The summed E-state index contributed by atoms with van der Waals surface area (Å²) in [6, 6.07) is 138. The molecule has 0 amide bonds. The van der Waals surface area contributed by atoms with E-state index in [9.17, 15) is 0 Å². The number of hydrogen-bond donors (Lipinski definition) is 0. The monoisotopic (exact) mass is 1700 g/mol. The minimum Gasteiger partial charge on any atom is -0.456 e. The van der Waals surface area contributed by atoms with Gasteiger partial charge in [-0.05, 0) is 275 Å². The van der Waals surface area contributed by atoms with Crippen LogP contribution in [-0.4, -0.2) is 16.1 Å². The van der Waals surface area contributed by atoms with Gasteiger partial charge in [0.05, 0.1) is 27.5 Å². The molecular formula is C118H92N4O3SSi2. The molecule has 7 nitrogen and oxygen atoms in total. The fourth-order valence-corrected chi connectivity index (χ4v) is 23.3. The molecule has 616 valence electrons. The molecule has 4 heterocycles. The zero-order valence-electron chi connectivity index (χ0n) is 73.2. The predicted molar refractivity (Wildman–Crippen MR) is 553 cm³/mol. The summed E-state index contributed by atoms with van der Waals surface area (Å²) >= 11 is 1.86. The van der Waals surface area contributed by atoms with E-state index in [1.165, 1.54) is 107 Å². The Labute approximate surface area is 751 Å². The largest absolute Gasteiger partial charge is 0.456 e. The van der Waals surface area contributed by atoms with E-state index in [1.807, 2.05) is 23.5 Å². The van der Waals surface area contributed by atoms with Crippen LogP contribution in [0.4, 0.5) is 68.2 Å². The van der Waals surface area contributed by atoms with Crippen LogP contribution in [0.2, 0.25) is 39.3 Å². The Kier molecular flexibility index (Phi) is 18.6. The molecule has 0 unspecified atom stereocenters. The summed E-state index contributed by atoms with van der Waals surface area (Å²) in [5.74, 6) is 3.48. The highest BCUT2D eigenvalue weighted by atomic mass is 32.1. The molecule has 0 saturated carbocycles. The van der Waals surface area contributed by atoms with Gasteiger partial charge in [-0.25, -0.2) is 0 Å². The van der Waals surface area contributed by atoms with Crippen LogP contribution in [0, 0.1) is 27.7 Å². The standard InChI is InChI=1S/C59H46N2O2Si.C59H46N2OSSi/c1-37-20-27-45-48(30-37)49-35-53-47-28-23-43(60(39-14-8-6-9-15-39)41-21-25-44(26-22-41)64(3,4)5)34-57(47)63-58-32-38(2)31-52(59(53)58)50(49)36-54(45)61(40-16-10-7-11-17-40)42-24-29-56-51(33-42)46-18-12-13-19-55(46)62-56;1-37-20-27-45-48(30-37)49-35-53-46-28-23-43(60(39-14-8-6-9-15-39)41-21-25-44(26-22-41)64(3,4)5)34-55(46)62-56-32-38(2)31-52(59(53)56)50(49)36-54(45)61(40-16-10-7-11-17-40)42-24-29-58-51(33-42)47-18-12-13-19-57(47)63-58/h2*6-36H,1-5H3. The minimum absolute atomic E-state index is 0.852. The first kappa shape index (κ1) is 78.0. The van der Waals surface area contributed by atoms with Crippen LogP contribution in [0.1, 0.15) is 22.3 Å². The van der Waals surface area contributed by atoms with Crippen LogP contribution < -0.4 is 39.4 Å². The number of fused-ring (bicyclic) bond motifs is 18. The smallest absolute Gasteiger partial charge is 0.137 e. The normalized spacial score (nSPS) is 12.3. The average molecular weight is 1700 g/mol. The van der Waals surface area contributed by atoms with Gasteiger partial charge in [0, 0.05) is 133 Å². The van der Waals surface area contributed by atoms with Gasteiger partial charge in [0.15, 0.2) is 0 Å². The maximum absolute atomic E-state index is 7.07. The van der Waals surface area contributed by atoms with Gasteiger partial charge in [0.2, 0.25) is 0 Å². The molecule has 2 aliphatic heterocycles. The molecule has 22 aromatic rings. The van der Waals surface area contributed by atoms with E-state index in [0.717, 1.165) is 146 Å². The minimum atomic E-state index is -1.47. The molecule has 2 aliphatic rings. The maximum atomic E-state index is 7.07. The molecule has 0 aliphatic carbocycles. The van der Waals surface area contributed by atoms with Gasteiger partial charge >= 0.3 is 0 Å². The Morgan fingerprint density at radius 1 is 0.211 bits per heavy atom. The van der Waals surface area contributed by atoms with Gasteiger partial charge in [-0.15, -0.1) is 11.3 Å². The van der Waals surface area contributed by atoms with E-state index in [0.29, 0.717) is 0 Å². The Bertz CT molecular complexity index is 7780. The molecular weight excluding hydrogens is 1610 g/mol. The van der Waals surface area contributed by atoms with Gasteiger partial charge in [-0.1, -0.05) is 243 Å². The van der Waals surface area contributed by atoms with Crippen LogP contribution in [0.3, 0.4) is 0 Å². The predicted octanol–water partition coefficient (Wildman–Crippen LogP) is 34.3. The number of thiophene rings is 1. The highest BCUT2D eigenvalue weighted by molar-refractivity contribution is 7.25. The summed E-state index contributed by atoms with van der Waals surface area (Å²) in [6.07, 6.45) is 0. The molecule has 0 spiro atoms. The third-order valence-corrected chi connectivity index (χ3v) is 31.3.